The van der Waals surface area contributed by atoms with Crippen LogP contribution in [0.5, 0.6) is 5.75 Å². The van der Waals surface area contributed by atoms with E-state index in [1.807, 2.05) is 12.1 Å². The summed E-state index contributed by atoms with van der Waals surface area (Å²) in [6, 6.07) is 19.5. The summed E-state index contributed by atoms with van der Waals surface area (Å²) in [4.78, 5) is 5.03. The molecular formula is C28H37FN2O. The van der Waals surface area contributed by atoms with Gasteiger partial charge in [0.2, 0.25) is 0 Å². The number of nitrogens with zero attached hydrogens (tertiary/aromatic N) is 2. The first-order valence-electron chi connectivity index (χ1n) is 12.3. The number of piperidine rings is 2. The van der Waals surface area contributed by atoms with Crippen LogP contribution < -0.4 is 4.74 Å². The van der Waals surface area contributed by atoms with Gasteiger partial charge in [0.25, 0.3) is 0 Å². The topological polar surface area (TPSA) is 15.7 Å². The maximum absolute atomic E-state index is 16.6. The molecule has 3 aliphatic rings. The summed E-state index contributed by atoms with van der Waals surface area (Å²) in [7, 11) is 1.70. The van der Waals surface area contributed by atoms with Gasteiger partial charge in [0.05, 0.1) is 12.6 Å². The first-order chi connectivity index (χ1) is 15.4. The molecule has 0 radical (unpaired) electrons. The van der Waals surface area contributed by atoms with Crippen LogP contribution in [0, 0.1) is 0 Å². The van der Waals surface area contributed by atoms with Gasteiger partial charge in [0.15, 0.2) is 0 Å². The predicted molar refractivity (Wildman–Crippen MR) is 128 cm³/mol. The zero-order chi connectivity index (χ0) is 22.3. The van der Waals surface area contributed by atoms with Crippen LogP contribution in [0.4, 0.5) is 4.39 Å². The van der Waals surface area contributed by atoms with Crippen LogP contribution in [0.25, 0.3) is 0 Å². The summed E-state index contributed by atoms with van der Waals surface area (Å²) >= 11 is 0. The zero-order valence-corrected chi connectivity index (χ0v) is 19.8. The Bertz CT molecular complexity index is 915. The number of fused-ring (bicyclic) bond motifs is 2. The van der Waals surface area contributed by atoms with Crippen molar-refractivity contribution >= 4 is 0 Å². The van der Waals surface area contributed by atoms with Crippen LogP contribution in [0.15, 0.2) is 54.6 Å². The Kier molecular flexibility index (Phi) is 5.79. The van der Waals surface area contributed by atoms with Gasteiger partial charge in [-0.3, -0.25) is 9.80 Å². The number of benzene rings is 2. The second kappa shape index (κ2) is 8.46. The molecule has 1 saturated carbocycles. The van der Waals surface area contributed by atoms with E-state index in [0.29, 0.717) is 6.04 Å². The Hall–Kier alpha value is -1.91. The number of hydrogen-bond donors (Lipinski definition) is 0. The van der Waals surface area contributed by atoms with Crippen molar-refractivity contribution in [2.45, 2.75) is 94.8 Å². The molecule has 0 N–H and O–H groups in total. The largest absolute Gasteiger partial charge is 0.497 e. The third-order valence-corrected chi connectivity index (χ3v) is 8.40. The second-order valence-electron chi connectivity index (χ2n) is 10.7. The highest BCUT2D eigenvalue weighted by atomic mass is 19.1. The van der Waals surface area contributed by atoms with Crippen molar-refractivity contribution in [1.82, 2.24) is 9.80 Å². The molecule has 3 nitrogen and oxygen atoms in total. The molecule has 0 spiro atoms. The van der Waals surface area contributed by atoms with Gasteiger partial charge in [-0.2, -0.15) is 0 Å². The maximum atomic E-state index is 16.6. The lowest BCUT2D eigenvalue weighted by Crippen LogP contribution is -2.73. The van der Waals surface area contributed by atoms with Crippen LogP contribution in [-0.4, -0.2) is 46.2 Å². The Morgan fingerprint density at radius 2 is 1.72 bits per heavy atom. The quantitative estimate of drug-likeness (QED) is 0.531. The fourth-order valence-corrected chi connectivity index (χ4v) is 6.47. The summed E-state index contributed by atoms with van der Waals surface area (Å²) < 4.78 is 21.9. The number of halogens is 1. The lowest BCUT2D eigenvalue weighted by molar-refractivity contribution is -0.164. The van der Waals surface area contributed by atoms with Gasteiger partial charge >= 0.3 is 0 Å². The molecule has 2 heterocycles. The third-order valence-electron chi connectivity index (χ3n) is 8.40. The van der Waals surface area contributed by atoms with E-state index >= 15 is 4.39 Å². The minimum absolute atomic E-state index is 0.00914. The number of methoxy groups -OCH3 is 1. The molecular weight excluding hydrogens is 399 g/mol. The molecule has 5 rings (SSSR count). The van der Waals surface area contributed by atoms with Crippen molar-refractivity contribution in [2.75, 3.05) is 7.11 Å². The number of ether oxygens (including phenoxy) is 1. The summed E-state index contributed by atoms with van der Waals surface area (Å²) in [5, 5.41) is 0. The van der Waals surface area contributed by atoms with Crippen molar-refractivity contribution in [1.29, 1.82) is 0 Å². The number of rotatable bonds is 7. The Labute approximate surface area is 192 Å². The van der Waals surface area contributed by atoms with Gasteiger partial charge < -0.3 is 4.74 Å². The first-order valence-corrected chi connectivity index (χ1v) is 12.3. The molecule has 3 fully saturated rings. The normalized spacial score (nSPS) is 32.8. The van der Waals surface area contributed by atoms with Crippen LogP contribution in [0.1, 0.15) is 63.5 Å². The summed E-state index contributed by atoms with van der Waals surface area (Å²) in [5.41, 5.74) is 2.12. The van der Waals surface area contributed by atoms with Gasteiger partial charge in [0, 0.05) is 30.7 Å². The average molecular weight is 437 g/mol. The maximum Gasteiger partial charge on any atom is 0.134 e. The zero-order valence-electron chi connectivity index (χ0n) is 19.8. The molecule has 2 bridgehead atoms. The van der Waals surface area contributed by atoms with Crippen molar-refractivity contribution < 1.29 is 9.13 Å². The van der Waals surface area contributed by atoms with Gasteiger partial charge in [-0.1, -0.05) is 42.5 Å². The van der Waals surface area contributed by atoms with E-state index in [-0.39, 0.29) is 11.6 Å². The van der Waals surface area contributed by atoms with Gasteiger partial charge in [0.1, 0.15) is 11.9 Å². The highest BCUT2D eigenvalue weighted by Gasteiger charge is 2.60. The summed E-state index contributed by atoms with van der Waals surface area (Å²) in [6.45, 7) is 6.24. The standard InChI is InChI=1S/C28H37FN2O/c1-27-16-7-17-28(2,31(27)20-22-10-14-24(32-3)15-11-22)26(29)25(18-27)30(23-12-13-23)19-21-8-5-4-6-9-21/h4-6,8-11,14-15,23,25-26H,7,12-13,16-20H2,1-3H3/t25-,26-,27-,28+/m0/s1. The fraction of sp³-hybridized carbons (Fsp3) is 0.571. The minimum Gasteiger partial charge on any atom is -0.497 e. The van der Waals surface area contributed by atoms with E-state index in [1.54, 1.807) is 7.11 Å². The lowest BCUT2D eigenvalue weighted by atomic mass is 9.65. The molecule has 2 aliphatic heterocycles. The highest BCUT2D eigenvalue weighted by molar-refractivity contribution is 5.28. The van der Waals surface area contributed by atoms with Crippen LogP contribution in [-0.2, 0) is 13.1 Å². The molecule has 2 saturated heterocycles. The molecule has 0 unspecified atom stereocenters. The Balaban J connectivity index is 1.42. The van der Waals surface area contributed by atoms with Gasteiger partial charge in [-0.05, 0) is 75.6 Å². The van der Waals surface area contributed by atoms with Crippen molar-refractivity contribution in [3.05, 3.63) is 65.7 Å². The predicted octanol–water partition coefficient (Wildman–Crippen LogP) is 5.97. The molecule has 4 heteroatoms. The van der Waals surface area contributed by atoms with E-state index in [1.165, 1.54) is 24.0 Å². The van der Waals surface area contributed by atoms with Crippen LogP contribution >= 0.6 is 0 Å². The molecule has 2 aromatic rings. The fourth-order valence-electron chi connectivity index (χ4n) is 6.47. The van der Waals surface area contributed by atoms with E-state index < -0.39 is 11.7 Å². The van der Waals surface area contributed by atoms with Crippen molar-refractivity contribution in [3.63, 3.8) is 0 Å². The molecule has 0 amide bonds. The smallest absolute Gasteiger partial charge is 0.134 e. The van der Waals surface area contributed by atoms with Gasteiger partial charge in [-0.25, -0.2) is 4.39 Å². The molecule has 172 valence electrons. The first kappa shape index (κ1) is 21.9. The van der Waals surface area contributed by atoms with Crippen LogP contribution in [0.3, 0.4) is 0 Å². The number of alkyl halides is 1. The molecule has 1 aliphatic carbocycles. The Morgan fingerprint density at radius 3 is 2.38 bits per heavy atom. The molecule has 4 atom stereocenters. The Morgan fingerprint density at radius 1 is 1.00 bits per heavy atom. The van der Waals surface area contributed by atoms with Gasteiger partial charge in [-0.15, -0.1) is 0 Å². The minimum atomic E-state index is -0.849. The molecule has 0 aromatic heterocycles. The number of hydrogen-bond acceptors (Lipinski definition) is 3. The lowest BCUT2D eigenvalue weighted by Gasteiger charge is -2.64. The third kappa shape index (κ3) is 3.97. The summed E-state index contributed by atoms with van der Waals surface area (Å²) in [5.74, 6) is 0.870. The summed E-state index contributed by atoms with van der Waals surface area (Å²) in [6.07, 6.45) is 5.66. The van der Waals surface area contributed by atoms with Crippen molar-refractivity contribution in [3.8, 4) is 5.75 Å². The van der Waals surface area contributed by atoms with Crippen molar-refractivity contribution in [2.24, 2.45) is 0 Å². The molecule has 2 aromatic carbocycles. The van der Waals surface area contributed by atoms with E-state index in [2.05, 4.69) is 66.1 Å². The van der Waals surface area contributed by atoms with E-state index in [4.69, 9.17) is 4.74 Å². The second-order valence-corrected chi connectivity index (χ2v) is 10.7. The van der Waals surface area contributed by atoms with E-state index in [0.717, 1.165) is 44.5 Å². The molecule has 32 heavy (non-hydrogen) atoms. The highest BCUT2D eigenvalue weighted by Crippen LogP contribution is 2.52. The monoisotopic (exact) mass is 436 g/mol. The van der Waals surface area contributed by atoms with Crippen LogP contribution in [0.2, 0.25) is 0 Å². The average Bonchev–Trinajstić information content (AvgIpc) is 3.64. The SMILES string of the molecule is COc1ccc(CN2[C@@]3(C)CCC[C@]2(C)[C@@H](F)[C@@H](N(Cc2ccccc2)C2CC2)C3)cc1. The van der Waals surface area contributed by atoms with E-state index in [9.17, 15) is 0 Å².